The van der Waals surface area contributed by atoms with Gasteiger partial charge in [-0.2, -0.15) is 5.10 Å². The van der Waals surface area contributed by atoms with Gasteiger partial charge in [0, 0.05) is 11.9 Å². The zero-order valence-corrected chi connectivity index (χ0v) is 15.5. The number of nitrogens with one attached hydrogen (secondary N) is 2. The van der Waals surface area contributed by atoms with Gasteiger partial charge >= 0.3 is 0 Å². The highest BCUT2D eigenvalue weighted by Gasteiger charge is 2.17. The molecule has 3 aromatic rings. The van der Waals surface area contributed by atoms with Gasteiger partial charge in [0.15, 0.2) is 11.4 Å². The van der Waals surface area contributed by atoms with Crippen molar-refractivity contribution in [3.05, 3.63) is 88.1 Å². The molecule has 0 saturated carbocycles. The predicted octanol–water partition coefficient (Wildman–Crippen LogP) is 3.95. The molecule has 8 heteroatoms. The van der Waals surface area contributed by atoms with E-state index in [0.717, 1.165) is 17.0 Å². The minimum absolute atomic E-state index is 0.0238. The van der Waals surface area contributed by atoms with Crippen molar-refractivity contribution in [2.75, 3.05) is 12.4 Å². The lowest BCUT2D eigenvalue weighted by Gasteiger charge is -2.14. The summed E-state index contributed by atoms with van der Waals surface area (Å²) in [4.78, 5) is 12.8. The Labute approximate surface area is 165 Å². The van der Waals surface area contributed by atoms with E-state index in [0.29, 0.717) is 5.69 Å². The average molecular weight is 396 g/mol. The third-order valence-corrected chi connectivity index (χ3v) is 4.08. The second-order valence-corrected chi connectivity index (χ2v) is 5.98. The molecular formula is C21H18F2N4O2. The van der Waals surface area contributed by atoms with Crippen LogP contribution in [-0.2, 0) is 6.67 Å². The number of methoxy groups -OCH3 is 1. The Morgan fingerprint density at radius 3 is 2.66 bits per heavy atom. The standard InChI is InChI=1S/C21H18F2N4O2/c1-29-19-13-27(18-8-7-14(12-22)11-16(18)23)26-20(21(19)28)17(9-10-24)25-15-5-3-2-4-6-15/h2-11,13,24-25H,12H2,1H3/b17-9-,24-10?. The van der Waals surface area contributed by atoms with Crippen molar-refractivity contribution in [3.8, 4) is 11.4 Å². The maximum Gasteiger partial charge on any atom is 0.251 e. The Morgan fingerprint density at radius 1 is 1.28 bits per heavy atom. The molecule has 0 radical (unpaired) electrons. The van der Waals surface area contributed by atoms with Crippen molar-refractivity contribution in [2.45, 2.75) is 6.67 Å². The number of alkyl halides is 1. The van der Waals surface area contributed by atoms with Gasteiger partial charge in [-0.1, -0.05) is 24.3 Å². The average Bonchev–Trinajstić information content (AvgIpc) is 2.74. The van der Waals surface area contributed by atoms with Gasteiger partial charge in [-0.25, -0.2) is 13.5 Å². The van der Waals surface area contributed by atoms with Gasteiger partial charge in [-0.05, 0) is 35.9 Å². The van der Waals surface area contributed by atoms with Gasteiger partial charge in [0.1, 0.15) is 18.2 Å². The Balaban J connectivity index is 2.15. The van der Waals surface area contributed by atoms with Gasteiger partial charge in [-0.15, -0.1) is 0 Å². The van der Waals surface area contributed by atoms with E-state index in [1.807, 2.05) is 18.2 Å². The summed E-state index contributed by atoms with van der Waals surface area (Å²) in [6, 6.07) is 12.9. The lowest BCUT2D eigenvalue weighted by molar-refractivity contribution is 0.404. The van der Waals surface area contributed by atoms with Crippen molar-refractivity contribution in [1.29, 1.82) is 5.41 Å². The molecule has 0 amide bonds. The molecule has 0 aliphatic carbocycles. The van der Waals surface area contributed by atoms with Crippen LogP contribution in [-0.4, -0.2) is 23.1 Å². The van der Waals surface area contributed by atoms with E-state index in [1.165, 1.54) is 31.5 Å². The molecule has 6 nitrogen and oxygen atoms in total. The van der Waals surface area contributed by atoms with E-state index in [4.69, 9.17) is 10.1 Å². The number of anilines is 1. The molecule has 2 aromatic carbocycles. The maximum absolute atomic E-state index is 14.5. The fourth-order valence-corrected chi connectivity index (χ4v) is 2.67. The summed E-state index contributed by atoms with van der Waals surface area (Å²) in [6.07, 6.45) is 3.62. The van der Waals surface area contributed by atoms with Gasteiger partial charge in [0.2, 0.25) is 0 Å². The molecular weight excluding hydrogens is 378 g/mol. The van der Waals surface area contributed by atoms with E-state index in [9.17, 15) is 13.6 Å². The Bertz CT molecular complexity index is 1110. The molecule has 0 spiro atoms. The summed E-state index contributed by atoms with van der Waals surface area (Å²) in [5.74, 6) is -0.757. The third-order valence-electron chi connectivity index (χ3n) is 4.08. The molecule has 2 N–H and O–H groups in total. The van der Waals surface area contributed by atoms with Crippen LogP contribution in [0.4, 0.5) is 14.5 Å². The van der Waals surface area contributed by atoms with Crippen LogP contribution in [0.15, 0.2) is 65.6 Å². The molecule has 1 heterocycles. The van der Waals surface area contributed by atoms with Crippen LogP contribution in [0.3, 0.4) is 0 Å². The first-order valence-corrected chi connectivity index (χ1v) is 8.63. The van der Waals surface area contributed by atoms with Gasteiger partial charge in [0.05, 0.1) is 19.0 Å². The second kappa shape index (κ2) is 8.92. The number of allylic oxidation sites excluding steroid dienone is 1. The van der Waals surface area contributed by atoms with E-state index in [1.54, 1.807) is 12.1 Å². The monoisotopic (exact) mass is 396 g/mol. The van der Waals surface area contributed by atoms with Crippen molar-refractivity contribution < 1.29 is 13.5 Å². The number of ether oxygens (including phenoxy) is 1. The number of halogens is 2. The van der Waals surface area contributed by atoms with Crippen LogP contribution in [0.1, 0.15) is 11.3 Å². The topological polar surface area (TPSA) is 80.0 Å². The fraction of sp³-hybridized carbons (Fsp3) is 0.0952. The Morgan fingerprint density at radius 2 is 2.03 bits per heavy atom. The first-order chi connectivity index (χ1) is 14.1. The molecule has 0 aliphatic heterocycles. The molecule has 148 valence electrons. The van der Waals surface area contributed by atoms with Crippen LogP contribution in [0.25, 0.3) is 11.4 Å². The minimum atomic E-state index is -0.795. The SMILES string of the molecule is COc1cn(-c2ccc(CF)cc2F)nc(/C(=C/C=N)Nc2ccccc2)c1=O. The summed E-state index contributed by atoms with van der Waals surface area (Å²) in [6.45, 7) is -0.795. The highest BCUT2D eigenvalue weighted by Crippen LogP contribution is 2.20. The number of hydrogen-bond acceptors (Lipinski definition) is 5. The third kappa shape index (κ3) is 4.37. The molecule has 0 fully saturated rings. The highest BCUT2D eigenvalue weighted by atomic mass is 19.1. The quantitative estimate of drug-likeness (QED) is 0.593. The van der Waals surface area contributed by atoms with Crippen LogP contribution >= 0.6 is 0 Å². The molecule has 29 heavy (non-hydrogen) atoms. The highest BCUT2D eigenvalue weighted by molar-refractivity contribution is 5.87. The predicted molar refractivity (Wildman–Crippen MR) is 108 cm³/mol. The lowest BCUT2D eigenvalue weighted by Crippen LogP contribution is -2.21. The molecule has 0 aliphatic rings. The number of nitrogens with zero attached hydrogens (tertiary/aromatic N) is 2. The molecule has 0 unspecified atom stereocenters. The smallest absolute Gasteiger partial charge is 0.251 e. The molecule has 1 aromatic heterocycles. The van der Waals surface area contributed by atoms with Crippen LogP contribution in [0.5, 0.6) is 5.75 Å². The number of aromatic nitrogens is 2. The van der Waals surface area contributed by atoms with Crippen molar-refractivity contribution >= 4 is 17.6 Å². The molecule has 0 atom stereocenters. The summed E-state index contributed by atoms with van der Waals surface area (Å²) >= 11 is 0. The first-order valence-electron chi connectivity index (χ1n) is 8.63. The molecule has 3 rings (SSSR count). The van der Waals surface area contributed by atoms with E-state index >= 15 is 0 Å². The second-order valence-electron chi connectivity index (χ2n) is 5.98. The summed E-state index contributed by atoms with van der Waals surface area (Å²) < 4.78 is 33.6. The molecule has 0 bridgehead atoms. The van der Waals surface area contributed by atoms with E-state index in [2.05, 4.69) is 10.4 Å². The maximum atomic E-state index is 14.5. The van der Waals surface area contributed by atoms with Crippen LogP contribution in [0.2, 0.25) is 0 Å². The largest absolute Gasteiger partial charge is 0.491 e. The van der Waals surface area contributed by atoms with Crippen molar-refractivity contribution in [3.63, 3.8) is 0 Å². The van der Waals surface area contributed by atoms with Gasteiger partial charge < -0.3 is 15.5 Å². The lowest BCUT2D eigenvalue weighted by atomic mass is 10.2. The number of benzene rings is 2. The summed E-state index contributed by atoms with van der Waals surface area (Å²) in [5, 5.41) is 14.7. The molecule has 0 saturated heterocycles. The zero-order chi connectivity index (χ0) is 20.8. The van der Waals surface area contributed by atoms with Gasteiger partial charge in [0.25, 0.3) is 5.43 Å². The van der Waals surface area contributed by atoms with Crippen molar-refractivity contribution in [1.82, 2.24) is 9.78 Å². The van der Waals surface area contributed by atoms with Gasteiger partial charge in [-0.3, -0.25) is 4.79 Å². The fourth-order valence-electron chi connectivity index (χ4n) is 2.67. The Kier molecular flexibility index (Phi) is 6.13. The number of hydrogen-bond donors (Lipinski definition) is 2. The zero-order valence-electron chi connectivity index (χ0n) is 15.5. The minimum Gasteiger partial charge on any atom is -0.491 e. The Hall–Kier alpha value is -3.81. The van der Waals surface area contributed by atoms with Crippen LogP contribution < -0.4 is 15.5 Å². The first kappa shape index (κ1) is 19.9. The summed E-state index contributed by atoms with van der Waals surface area (Å²) in [7, 11) is 1.32. The van der Waals surface area contributed by atoms with E-state index in [-0.39, 0.29) is 28.4 Å². The van der Waals surface area contributed by atoms with Crippen molar-refractivity contribution in [2.24, 2.45) is 0 Å². The van der Waals surface area contributed by atoms with Crippen LogP contribution in [0, 0.1) is 11.2 Å². The number of para-hydroxylation sites is 1. The normalized spacial score (nSPS) is 11.2. The number of rotatable bonds is 7. The van der Waals surface area contributed by atoms with E-state index < -0.39 is 17.9 Å². The summed E-state index contributed by atoms with van der Waals surface area (Å²) in [5.41, 5.74) is 0.538.